The van der Waals surface area contributed by atoms with Crippen molar-refractivity contribution < 1.29 is 9.59 Å². The number of halogens is 1. The molecule has 0 unspecified atom stereocenters. The Kier molecular flexibility index (Phi) is 6.55. The van der Waals surface area contributed by atoms with Crippen molar-refractivity contribution in [2.24, 2.45) is 0 Å². The zero-order chi connectivity index (χ0) is 20.1. The lowest BCUT2D eigenvalue weighted by Gasteiger charge is -2.12. The van der Waals surface area contributed by atoms with Gasteiger partial charge in [-0.3, -0.25) is 9.59 Å². The molecule has 0 fully saturated rings. The lowest BCUT2D eigenvalue weighted by atomic mass is 10.0. The smallest absolute Gasteiger partial charge is 0.255 e. The number of nitrogens with one attached hydrogen (secondary N) is 1. The molecule has 0 aliphatic heterocycles. The fraction of sp³-hybridized carbons (Fsp3) is 0.130. The second-order valence-electron chi connectivity index (χ2n) is 6.53. The van der Waals surface area contributed by atoms with E-state index in [1.807, 2.05) is 18.2 Å². The van der Waals surface area contributed by atoms with Gasteiger partial charge in [-0.15, -0.1) is 11.8 Å². The number of ketones is 1. The first-order valence-electron chi connectivity index (χ1n) is 8.91. The molecule has 0 atom stereocenters. The molecule has 0 saturated heterocycles. The van der Waals surface area contributed by atoms with E-state index in [1.54, 1.807) is 66.4 Å². The highest BCUT2D eigenvalue weighted by Gasteiger charge is 2.16. The van der Waals surface area contributed by atoms with Gasteiger partial charge < -0.3 is 5.32 Å². The highest BCUT2D eigenvalue weighted by Crippen LogP contribution is 2.26. The molecular formula is C23H20ClNO2S. The molecule has 0 aromatic heterocycles. The van der Waals surface area contributed by atoms with Gasteiger partial charge in [0.25, 0.3) is 5.91 Å². The Balaban J connectivity index is 1.84. The molecule has 0 saturated carbocycles. The minimum atomic E-state index is -0.273. The van der Waals surface area contributed by atoms with E-state index in [-0.39, 0.29) is 11.7 Å². The van der Waals surface area contributed by atoms with E-state index in [4.69, 9.17) is 11.6 Å². The van der Waals surface area contributed by atoms with Crippen molar-refractivity contribution >= 4 is 40.7 Å². The predicted molar refractivity (Wildman–Crippen MR) is 117 cm³/mol. The van der Waals surface area contributed by atoms with E-state index in [0.717, 1.165) is 4.90 Å². The van der Waals surface area contributed by atoms with E-state index in [1.165, 1.54) is 0 Å². The van der Waals surface area contributed by atoms with Gasteiger partial charge in [-0.05, 0) is 42.5 Å². The van der Waals surface area contributed by atoms with Crippen LogP contribution in [0.5, 0.6) is 0 Å². The normalized spacial score (nSPS) is 10.7. The number of carbonyl (C=O) groups is 2. The summed E-state index contributed by atoms with van der Waals surface area (Å²) < 4.78 is 0. The molecular weight excluding hydrogens is 390 g/mol. The first-order valence-corrected chi connectivity index (χ1v) is 10.2. The number of benzene rings is 3. The highest BCUT2D eigenvalue weighted by molar-refractivity contribution is 7.99. The topological polar surface area (TPSA) is 46.2 Å². The van der Waals surface area contributed by atoms with Crippen LogP contribution in [0.15, 0.2) is 77.7 Å². The number of anilines is 1. The van der Waals surface area contributed by atoms with Crippen molar-refractivity contribution in [3.8, 4) is 0 Å². The van der Waals surface area contributed by atoms with Gasteiger partial charge in [-0.2, -0.15) is 0 Å². The van der Waals surface area contributed by atoms with Crippen LogP contribution in [0.1, 0.15) is 40.1 Å². The summed E-state index contributed by atoms with van der Waals surface area (Å²) in [7, 11) is 0. The lowest BCUT2D eigenvalue weighted by molar-refractivity contribution is 0.102. The Morgan fingerprint density at radius 1 is 0.893 bits per heavy atom. The Bertz CT molecular complexity index is 985. The van der Waals surface area contributed by atoms with Gasteiger partial charge in [-0.1, -0.05) is 55.8 Å². The van der Waals surface area contributed by atoms with E-state index < -0.39 is 0 Å². The minimum absolute atomic E-state index is 0.193. The molecule has 28 heavy (non-hydrogen) atoms. The van der Waals surface area contributed by atoms with Crippen molar-refractivity contribution in [2.45, 2.75) is 24.0 Å². The Morgan fingerprint density at radius 3 is 2.21 bits per heavy atom. The average molecular weight is 410 g/mol. The third-order valence-corrected chi connectivity index (χ3v) is 5.25. The largest absolute Gasteiger partial charge is 0.321 e. The van der Waals surface area contributed by atoms with E-state index >= 15 is 0 Å². The van der Waals surface area contributed by atoms with Gasteiger partial charge in [0.05, 0.1) is 5.69 Å². The number of hydrogen-bond acceptors (Lipinski definition) is 3. The zero-order valence-electron chi connectivity index (χ0n) is 15.6. The van der Waals surface area contributed by atoms with Crippen molar-refractivity contribution in [2.75, 3.05) is 5.32 Å². The first-order chi connectivity index (χ1) is 13.4. The van der Waals surface area contributed by atoms with Crippen LogP contribution in [0, 0.1) is 0 Å². The lowest BCUT2D eigenvalue weighted by Crippen LogP contribution is -2.15. The molecule has 0 heterocycles. The molecule has 0 radical (unpaired) electrons. The summed E-state index contributed by atoms with van der Waals surface area (Å²) in [6.07, 6.45) is 0. The summed E-state index contributed by atoms with van der Waals surface area (Å²) in [5.41, 5.74) is 1.86. The molecule has 3 aromatic rings. The maximum atomic E-state index is 12.9. The maximum Gasteiger partial charge on any atom is 0.255 e. The van der Waals surface area contributed by atoms with Crippen molar-refractivity contribution in [1.82, 2.24) is 0 Å². The van der Waals surface area contributed by atoms with Gasteiger partial charge in [0.1, 0.15) is 0 Å². The van der Waals surface area contributed by atoms with Gasteiger partial charge in [0, 0.05) is 31.9 Å². The molecule has 5 heteroatoms. The van der Waals surface area contributed by atoms with Crippen molar-refractivity contribution in [1.29, 1.82) is 0 Å². The summed E-state index contributed by atoms with van der Waals surface area (Å²) in [6, 6.07) is 21.2. The number of rotatable bonds is 6. The molecule has 1 N–H and O–H groups in total. The third-order valence-electron chi connectivity index (χ3n) is 4.00. The number of thioether (sulfide) groups is 1. The predicted octanol–water partition coefficient (Wildman–Crippen LogP) is 6.32. The molecule has 0 spiro atoms. The molecule has 0 aliphatic carbocycles. The number of carbonyl (C=O) groups excluding carboxylic acids is 2. The van der Waals surface area contributed by atoms with E-state index in [0.29, 0.717) is 32.7 Å². The van der Waals surface area contributed by atoms with Crippen LogP contribution in [0.3, 0.4) is 0 Å². The average Bonchev–Trinajstić information content (AvgIpc) is 2.69. The summed E-state index contributed by atoms with van der Waals surface area (Å²) in [6.45, 7) is 4.24. The van der Waals surface area contributed by atoms with Crippen LogP contribution >= 0.6 is 23.4 Å². The molecule has 3 rings (SSSR count). The summed E-state index contributed by atoms with van der Waals surface area (Å²) in [4.78, 5) is 26.7. The van der Waals surface area contributed by atoms with Crippen molar-refractivity contribution in [3.05, 3.63) is 94.5 Å². The summed E-state index contributed by atoms with van der Waals surface area (Å²) in [5, 5.41) is 3.75. The van der Waals surface area contributed by atoms with Crippen LogP contribution in [0.4, 0.5) is 5.69 Å². The molecule has 142 valence electrons. The number of amides is 1. The number of hydrogen-bond donors (Lipinski definition) is 1. The van der Waals surface area contributed by atoms with Crippen LogP contribution in [-0.4, -0.2) is 16.9 Å². The minimum Gasteiger partial charge on any atom is -0.321 e. The van der Waals surface area contributed by atoms with Crippen LogP contribution in [0.25, 0.3) is 0 Å². The quantitative estimate of drug-likeness (QED) is 0.382. The Morgan fingerprint density at radius 2 is 1.57 bits per heavy atom. The second-order valence-corrected chi connectivity index (χ2v) is 8.62. The monoisotopic (exact) mass is 409 g/mol. The molecule has 0 bridgehead atoms. The van der Waals surface area contributed by atoms with E-state index in [2.05, 4.69) is 19.2 Å². The fourth-order valence-electron chi connectivity index (χ4n) is 2.71. The molecule has 3 nitrogen and oxygen atoms in total. The van der Waals surface area contributed by atoms with Gasteiger partial charge in [0.15, 0.2) is 5.78 Å². The second kappa shape index (κ2) is 9.09. The van der Waals surface area contributed by atoms with Crippen LogP contribution < -0.4 is 5.32 Å². The zero-order valence-corrected chi connectivity index (χ0v) is 17.2. The van der Waals surface area contributed by atoms with Gasteiger partial charge >= 0.3 is 0 Å². The Labute approximate surface area is 174 Å². The summed E-state index contributed by atoms with van der Waals surface area (Å²) in [5.74, 6) is -0.465. The van der Waals surface area contributed by atoms with Crippen molar-refractivity contribution in [3.63, 3.8) is 0 Å². The standard InChI is InChI=1S/C23H20ClNO2S/c1-15(2)28-19-11-8-17(9-12-19)23(27)25-21-13-10-18(24)14-20(21)22(26)16-6-4-3-5-7-16/h3-15H,1-2H3,(H,25,27). The fourth-order valence-corrected chi connectivity index (χ4v) is 3.72. The Hall–Kier alpha value is -2.56. The maximum absolute atomic E-state index is 12.9. The summed E-state index contributed by atoms with van der Waals surface area (Å²) >= 11 is 7.83. The van der Waals surface area contributed by atoms with Crippen LogP contribution in [-0.2, 0) is 0 Å². The van der Waals surface area contributed by atoms with Crippen LogP contribution in [0.2, 0.25) is 5.02 Å². The van der Waals surface area contributed by atoms with Gasteiger partial charge in [-0.25, -0.2) is 0 Å². The first kappa shape index (κ1) is 20.2. The molecule has 3 aromatic carbocycles. The molecule has 0 aliphatic rings. The third kappa shape index (κ3) is 5.03. The van der Waals surface area contributed by atoms with Gasteiger partial charge in [0.2, 0.25) is 0 Å². The van der Waals surface area contributed by atoms with E-state index in [9.17, 15) is 9.59 Å². The SMILES string of the molecule is CC(C)Sc1ccc(C(=O)Nc2ccc(Cl)cc2C(=O)c2ccccc2)cc1. The molecule has 1 amide bonds. The highest BCUT2D eigenvalue weighted by atomic mass is 35.5.